The summed E-state index contributed by atoms with van der Waals surface area (Å²) in [6.07, 6.45) is 9.49. The van der Waals surface area contributed by atoms with Crippen molar-refractivity contribution in [1.29, 1.82) is 0 Å². The molecule has 3 aliphatic rings. The largest absolute Gasteiger partial charge is 0.444 e. The highest BCUT2D eigenvalue weighted by atomic mass is 16.6. The number of pyridine rings is 1. The molecule has 4 aromatic rings. The Labute approximate surface area is 205 Å². The minimum absolute atomic E-state index is 0.0674. The number of carbonyl (C=O) groups is 1. The van der Waals surface area contributed by atoms with E-state index in [2.05, 4.69) is 38.4 Å². The number of H-pyrrole nitrogens is 2. The van der Waals surface area contributed by atoms with Crippen LogP contribution in [0.1, 0.15) is 70.6 Å². The predicted molar refractivity (Wildman–Crippen MR) is 136 cm³/mol. The Morgan fingerprint density at radius 2 is 1.71 bits per heavy atom. The van der Waals surface area contributed by atoms with Gasteiger partial charge in [-0.05, 0) is 70.9 Å². The van der Waals surface area contributed by atoms with E-state index in [1.807, 2.05) is 56.3 Å². The molecule has 0 spiro atoms. The van der Waals surface area contributed by atoms with Crippen molar-refractivity contribution in [3.05, 3.63) is 60.0 Å². The van der Waals surface area contributed by atoms with Crippen LogP contribution in [0.5, 0.6) is 0 Å². The fourth-order valence-electron chi connectivity index (χ4n) is 6.37. The molecule has 35 heavy (non-hydrogen) atoms. The third-order valence-corrected chi connectivity index (χ3v) is 8.21. The lowest BCUT2D eigenvalue weighted by Gasteiger charge is -2.57. The summed E-state index contributed by atoms with van der Waals surface area (Å²) < 4.78 is 5.93. The first kappa shape index (κ1) is 22.1. The molecule has 0 saturated heterocycles. The molecule has 0 atom stereocenters. The van der Waals surface area contributed by atoms with Gasteiger partial charge >= 0.3 is 6.09 Å². The van der Waals surface area contributed by atoms with Gasteiger partial charge in [-0.25, -0.2) is 14.8 Å². The number of rotatable bonds is 4. The summed E-state index contributed by atoms with van der Waals surface area (Å²) in [6.45, 7) is 6.40. The van der Waals surface area contributed by atoms with E-state index in [9.17, 15) is 4.79 Å². The van der Waals surface area contributed by atoms with Gasteiger partial charge in [0.25, 0.3) is 0 Å². The molecule has 0 aliphatic heterocycles. The second-order valence-electron chi connectivity index (χ2n) is 11.4. The first-order valence-corrected chi connectivity index (χ1v) is 12.6. The predicted octanol–water partition coefficient (Wildman–Crippen LogP) is 6.22. The molecule has 3 fully saturated rings. The molecule has 3 aromatic heterocycles. The average molecular weight is 472 g/mol. The fraction of sp³-hybridized carbons (Fsp3) is 0.464. The van der Waals surface area contributed by atoms with E-state index in [4.69, 9.17) is 4.74 Å². The van der Waals surface area contributed by atoms with E-state index < -0.39 is 5.60 Å². The van der Waals surface area contributed by atoms with Gasteiger partial charge < -0.3 is 9.84 Å². The van der Waals surface area contributed by atoms with Crippen LogP contribution in [0.4, 0.5) is 4.79 Å². The van der Waals surface area contributed by atoms with Crippen LogP contribution in [0, 0.1) is 0 Å². The molecule has 3 heterocycles. The quantitative estimate of drug-likeness (QED) is 0.370. The van der Waals surface area contributed by atoms with Crippen LogP contribution in [0.25, 0.3) is 21.9 Å². The Kier molecular flexibility index (Phi) is 4.95. The normalized spacial score (nSPS) is 24.2. The Bertz CT molecular complexity index is 1360. The summed E-state index contributed by atoms with van der Waals surface area (Å²) in [6, 6.07) is 12.3. The molecule has 182 valence electrons. The van der Waals surface area contributed by atoms with E-state index >= 15 is 0 Å². The van der Waals surface area contributed by atoms with Crippen molar-refractivity contribution in [3.63, 3.8) is 0 Å². The average Bonchev–Trinajstić information content (AvgIpc) is 3.50. The van der Waals surface area contributed by atoms with Crippen LogP contribution in [0.15, 0.2) is 48.8 Å². The molecule has 2 N–H and O–H groups in total. The van der Waals surface area contributed by atoms with Gasteiger partial charge in [0.05, 0.1) is 11.7 Å². The van der Waals surface area contributed by atoms with Gasteiger partial charge in [-0.1, -0.05) is 30.3 Å². The number of fused-ring (bicyclic) bond motifs is 6. The molecule has 1 amide bonds. The maximum absolute atomic E-state index is 13.5. The van der Waals surface area contributed by atoms with Crippen molar-refractivity contribution in [2.45, 2.75) is 82.4 Å². The Balaban J connectivity index is 1.33. The van der Waals surface area contributed by atoms with Crippen molar-refractivity contribution in [2.75, 3.05) is 0 Å². The number of aromatic nitrogens is 4. The standard InChI is InChI=1S/C28H33N5O2/c1-26(2,3)35-25(34)33(18-19-7-5-4-6-8-19)28-13-10-27(11-14-28,12-15-28)23-22-20-9-16-29-24(20)30-17-21(22)31-32-23/h4-9,16-17,31-32H,10-15,18H2,1-3H3. The lowest BCUT2D eigenvalue weighted by Crippen LogP contribution is -2.60. The number of nitrogens with one attached hydrogen (secondary N) is 2. The van der Waals surface area contributed by atoms with Crippen molar-refractivity contribution >= 4 is 28.0 Å². The summed E-state index contributed by atoms with van der Waals surface area (Å²) in [4.78, 5) is 24.5. The van der Waals surface area contributed by atoms with E-state index in [1.165, 1.54) is 11.1 Å². The van der Waals surface area contributed by atoms with Crippen LogP contribution >= 0.6 is 0 Å². The van der Waals surface area contributed by atoms with Crippen LogP contribution in [0.3, 0.4) is 0 Å². The smallest absolute Gasteiger partial charge is 0.411 e. The summed E-state index contributed by atoms with van der Waals surface area (Å²) in [5, 5.41) is 9.19. The Hall–Kier alpha value is -3.35. The lowest BCUT2D eigenvalue weighted by atomic mass is 9.55. The van der Waals surface area contributed by atoms with E-state index in [0.29, 0.717) is 6.54 Å². The maximum Gasteiger partial charge on any atom is 0.411 e. The number of hydrogen-bond donors (Lipinski definition) is 2. The first-order chi connectivity index (χ1) is 16.8. The molecular formula is C28H33N5O2. The van der Waals surface area contributed by atoms with E-state index in [0.717, 1.165) is 60.6 Å². The molecule has 7 nitrogen and oxygen atoms in total. The molecule has 7 rings (SSSR count). The SMILES string of the molecule is CC(C)(C)OC(=O)N(Cc1ccccc1)C12CCC(c3[nH][nH]c4cnc5nccc5c34)(CC1)CC2. The third kappa shape index (κ3) is 3.68. The van der Waals surface area contributed by atoms with Gasteiger partial charge in [0.15, 0.2) is 5.65 Å². The van der Waals surface area contributed by atoms with Crippen molar-refractivity contribution in [2.24, 2.45) is 0 Å². The molecule has 7 heteroatoms. The summed E-state index contributed by atoms with van der Waals surface area (Å²) in [7, 11) is 0. The molecule has 0 radical (unpaired) electrons. The number of carbonyl (C=O) groups excluding carboxylic acids is 1. The van der Waals surface area contributed by atoms with Gasteiger partial charge in [-0.3, -0.25) is 10.00 Å². The molecule has 1 aromatic carbocycles. The topological polar surface area (TPSA) is 86.9 Å². The lowest BCUT2D eigenvalue weighted by molar-refractivity contribution is -0.0492. The number of aromatic amines is 2. The van der Waals surface area contributed by atoms with Crippen molar-refractivity contribution in [3.8, 4) is 0 Å². The number of hydrogen-bond acceptors (Lipinski definition) is 4. The fourth-order valence-corrected chi connectivity index (χ4v) is 6.37. The highest BCUT2D eigenvalue weighted by Crippen LogP contribution is 2.57. The van der Waals surface area contributed by atoms with E-state index in [-0.39, 0.29) is 17.0 Å². The number of ether oxygens (including phenoxy) is 1. The summed E-state index contributed by atoms with van der Waals surface area (Å²) >= 11 is 0. The number of nitrogens with zero attached hydrogens (tertiary/aromatic N) is 3. The van der Waals surface area contributed by atoms with E-state index in [1.54, 1.807) is 0 Å². The zero-order chi connectivity index (χ0) is 24.3. The van der Waals surface area contributed by atoms with Gasteiger partial charge in [0, 0.05) is 40.2 Å². The zero-order valence-corrected chi connectivity index (χ0v) is 20.7. The van der Waals surface area contributed by atoms with Crippen LogP contribution in [-0.4, -0.2) is 42.3 Å². The number of benzene rings is 1. The second kappa shape index (κ2) is 7.83. The number of amides is 1. The molecule has 3 aliphatic carbocycles. The minimum atomic E-state index is -0.526. The summed E-state index contributed by atoms with van der Waals surface area (Å²) in [5.74, 6) is 0. The Morgan fingerprint density at radius 1 is 1.00 bits per heavy atom. The minimum Gasteiger partial charge on any atom is -0.444 e. The van der Waals surface area contributed by atoms with Crippen LogP contribution in [-0.2, 0) is 16.7 Å². The third-order valence-electron chi connectivity index (χ3n) is 8.21. The highest BCUT2D eigenvalue weighted by molar-refractivity contribution is 6.05. The first-order valence-electron chi connectivity index (χ1n) is 12.6. The van der Waals surface area contributed by atoms with Gasteiger partial charge in [0.1, 0.15) is 5.60 Å². The van der Waals surface area contributed by atoms with Crippen molar-refractivity contribution < 1.29 is 9.53 Å². The molecule has 3 saturated carbocycles. The van der Waals surface area contributed by atoms with Crippen LogP contribution < -0.4 is 0 Å². The Morgan fingerprint density at radius 3 is 2.40 bits per heavy atom. The van der Waals surface area contributed by atoms with Crippen LogP contribution in [0.2, 0.25) is 0 Å². The monoisotopic (exact) mass is 471 g/mol. The van der Waals surface area contributed by atoms with Gasteiger partial charge in [0.2, 0.25) is 0 Å². The maximum atomic E-state index is 13.5. The molecule has 2 bridgehead atoms. The summed E-state index contributed by atoms with van der Waals surface area (Å²) in [5.41, 5.74) is 3.59. The molecule has 0 unspecified atom stereocenters. The van der Waals surface area contributed by atoms with Gasteiger partial charge in [-0.15, -0.1) is 0 Å². The highest BCUT2D eigenvalue weighted by Gasteiger charge is 2.54. The second-order valence-corrected chi connectivity index (χ2v) is 11.4. The van der Waals surface area contributed by atoms with Gasteiger partial charge in [-0.2, -0.15) is 0 Å². The van der Waals surface area contributed by atoms with Crippen molar-refractivity contribution in [1.82, 2.24) is 25.1 Å². The zero-order valence-electron chi connectivity index (χ0n) is 20.7. The molecular weight excluding hydrogens is 438 g/mol.